The predicted molar refractivity (Wildman–Crippen MR) is 160 cm³/mol. The van der Waals surface area contributed by atoms with Gasteiger partial charge in [0.1, 0.15) is 5.69 Å². The Kier molecular flexibility index (Phi) is 5.84. The molecular formula is C32H22ClN5S. The van der Waals surface area contributed by atoms with E-state index in [2.05, 4.69) is 49.5 Å². The number of aryl methyl sites for hydroxylation is 1. The zero-order valence-corrected chi connectivity index (χ0v) is 22.6. The summed E-state index contributed by atoms with van der Waals surface area (Å²) in [5.74, 6) is 0. The van der Waals surface area contributed by atoms with Crippen LogP contribution in [0, 0.1) is 6.92 Å². The molecule has 5 nitrogen and oxygen atoms in total. The molecule has 0 atom stereocenters. The topological polar surface area (TPSA) is 48.5 Å². The van der Waals surface area contributed by atoms with Gasteiger partial charge < -0.3 is 0 Å². The number of halogens is 1. The third-order valence-corrected chi connectivity index (χ3v) is 7.91. The van der Waals surface area contributed by atoms with Crippen molar-refractivity contribution in [3.05, 3.63) is 126 Å². The second-order valence-electron chi connectivity index (χ2n) is 9.34. The molecule has 4 aromatic carbocycles. The number of thiazole rings is 1. The summed E-state index contributed by atoms with van der Waals surface area (Å²) in [6, 6.07) is 36.7. The van der Waals surface area contributed by atoms with Crippen molar-refractivity contribution in [3.63, 3.8) is 0 Å². The Bertz CT molecular complexity index is 1880. The molecule has 39 heavy (non-hydrogen) atoms. The van der Waals surface area contributed by atoms with E-state index >= 15 is 0 Å². The monoisotopic (exact) mass is 543 g/mol. The van der Waals surface area contributed by atoms with E-state index in [0.717, 1.165) is 54.8 Å². The molecule has 0 bridgehead atoms. The molecule has 7 aromatic rings. The highest BCUT2D eigenvalue weighted by atomic mass is 35.5. The molecule has 0 radical (unpaired) electrons. The first kappa shape index (κ1) is 23.6. The van der Waals surface area contributed by atoms with Gasteiger partial charge in [0.15, 0.2) is 0 Å². The molecule has 0 saturated carbocycles. The van der Waals surface area contributed by atoms with E-state index in [-0.39, 0.29) is 0 Å². The molecule has 0 amide bonds. The number of fused-ring (bicyclic) bond motifs is 1. The molecule has 0 aliphatic rings. The van der Waals surface area contributed by atoms with Crippen molar-refractivity contribution in [1.82, 2.24) is 24.5 Å². The smallest absolute Gasteiger partial charge is 0.212 e. The van der Waals surface area contributed by atoms with Crippen LogP contribution < -0.4 is 0 Å². The number of aromatic nitrogens is 5. The van der Waals surface area contributed by atoms with E-state index in [1.54, 1.807) is 11.3 Å². The summed E-state index contributed by atoms with van der Waals surface area (Å²) >= 11 is 7.86. The first-order valence-electron chi connectivity index (χ1n) is 12.6. The van der Waals surface area contributed by atoms with Crippen molar-refractivity contribution in [2.45, 2.75) is 6.92 Å². The van der Waals surface area contributed by atoms with Crippen molar-refractivity contribution in [2.24, 2.45) is 0 Å². The van der Waals surface area contributed by atoms with Crippen molar-refractivity contribution in [2.75, 3.05) is 0 Å². The highest BCUT2D eigenvalue weighted by Crippen LogP contribution is 2.37. The van der Waals surface area contributed by atoms with Gasteiger partial charge in [-0.25, -0.2) is 14.3 Å². The van der Waals surface area contributed by atoms with Crippen LogP contribution in [-0.2, 0) is 0 Å². The average Bonchev–Trinajstić information content (AvgIpc) is 3.71. The first-order valence-corrected chi connectivity index (χ1v) is 13.8. The molecule has 7 rings (SSSR count). The maximum atomic E-state index is 6.24. The van der Waals surface area contributed by atoms with Crippen molar-refractivity contribution >= 4 is 33.2 Å². The fourth-order valence-electron chi connectivity index (χ4n) is 4.63. The fraction of sp³-hybridized carbons (Fsp3) is 0.0312. The number of hydrogen-bond donors (Lipinski definition) is 0. The Balaban J connectivity index is 1.48. The lowest BCUT2D eigenvalue weighted by Gasteiger charge is -2.05. The minimum atomic E-state index is 0.684. The highest BCUT2D eigenvalue weighted by molar-refractivity contribution is 7.20. The summed E-state index contributed by atoms with van der Waals surface area (Å²) in [5, 5.41) is 11.6. The summed E-state index contributed by atoms with van der Waals surface area (Å²) in [5.41, 5.74) is 8.73. The fourth-order valence-corrected chi connectivity index (χ4v) is 5.69. The third kappa shape index (κ3) is 4.44. The lowest BCUT2D eigenvalue weighted by Crippen LogP contribution is -1.99. The highest BCUT2D eigenvalue weighted by Gasteiger charge is 2.22. The second-order valence-corrected chi connectivity index (χ2v) is 10.8. The largest absolute Gasteiger partial charge is 0.240 e. The predicted octanol–water partition coefficient (Wildman–Crippen LogP) is 8.63. The van der Waals surface area contributed by atoms with Crippen LogP contribution in [0.3, 0.4) is 0 Å². The number of rotatable bonds is 5. The van der Waals surface area contributed by atoms with E-state index in [4.69, 9.17) is 26.8 Å². The van der Waals surface area contributed by atoms with Gasteiger partial charge in [0.2, 0.25) is 5.13 Å². The molecule has 3 aromatic heterocycles. The molecule has 0 saturated heterocycles. The summed E-state index contributed by atoms with van der Waals surface area (Å²) in [7, 11) is 0. The van der Waals surface area contributed by atoms with Gasteiger partial charge in [-0.15, -0.1) is 0 Å². The molecule has 0 unspecified atom stereocenters. The van der Waals surface area contributed by atoms with Gasteiger partial charge in [-0.1, -0.05) is 95.2 Å². The van der Waals surface area contributed by atoms with Gasteiger partial charge in [0.25, 0.3) is 0 Å². The van der Waals surface area contributed by atoms with Crippen LogP contribution in [-0.4, -0.2) is 24.5 Å². The zero-order chi connectivity index (χ0) is 26.3. The van der Waals surface area contributed by atoms with Gasteiger partial charge in [0, 0.05) is 27.9 Å². The van der Waals surface area contributed by atoms with Gasteiger partial charge in [-0.05, 0) is 49.4 Å². The summed E-state index contributed by atoms with van der Waals surface area (Å²) in [4.78, 5) is 4.94. The Morgan fingerprint density at radius 1 is 0.744 bits per heavy atom. The van der Waals surface area contributed by atoms with E-state index in [1.165, 1.54) is 5.56 Å². The van der Waals surface area contributed by atoms with Crippen LogP contribution in [0.1, 0.15) is 5.56 Å². The zero-order valence-electron chi connectivity index (χ0n) is 21.0. The average molecular weight is 544 g/mol. The van der Waals surface area contributed by atoms with E-state index < -0.39 is 0 Å². The normalized spacial score (nSPS) is 11.3. The van der Waals surface area contributed by atoms with Gasteiger partial charge in [-0.3, -0.25) is 0 Å². The quantitative estimate of drug-likeness (QED) is 0.218. The van der Waals surface area contributed by atoms with Crippen LogP contribution in [0.25, 0.3) is 54.8 Å². The Morgan fingerprint density at radius 3 is 2.23 bits per heavy atom. The Hall–Kier alpha value is -4.52. The van der Waals surface area contributed by atoms with Crippen molar-refractivity contribution in [3.8, 4) is 44.6 Å². The maximum Gasteiger partial charge on any atom is 0.212 e. The molecule has 0 fully saturated rings. The van der Waals surface area contributed by atoms with E-state index in [9.17, 15) is 0 Å². The molecule has 0 aliphatic heterocycles. The minimum absolute atomic E-state index is 0.684. The summed E-state index contributed by atoms with van der Waals surface area (Å²) in [6.45, 7) is 2.09. The lowest BCUT2D eigenvalue weighted by atomic mass is 10.0. The molecule has 188 valence electrons. The van der Waals surface area contributed by atoms with Crippen LogP contribution in [0.4, 0.5) is 0 Å². The molecule has 3 heterocycles. The number of para-hydroxylation sites is 2. The van der Waals surface area contributed by atoms with E-state index in [0.29, 0.717) is 5.02 Å². The molecular weight excluding hydrogens is 522 g/mol. The second kappa shape index (κ2) is 9.66. The van der Waals surface area contributed by atoms with Gasteiger partial charge >= 0.3 is 0 Å². The molecule has 0 N–H and O–H groups in total. The third-order valence-electron chi connectivity index (χ3n) is 6.65. The lowest BCUT2D eigenvalue weighted by molar-refractivity contribution is 0.879. The van der Waals surface area contributed by atoms with E-state index in [1.807, 2.05) is 82.2 Å². The van der Waals surface area contributed by atoms with Crippen molar-refractivity contribution < 1.29 is 0 Å². The van der Waals surface area contributed by atoms with Crippen molar-refractivity contribution in [1.29, 1.82) is 0 Å². The number of nitrogens with zero attached hydrogens (tertiary/aromatic N) is 5. The van der Waals surface area contributed by atoms with Gasteiger partial charge in [0.05, 0.1) is 27.3 Å². The Morgan fingerprint density at radius 2 is 1.46 bits per heavy atom. The standard InChI is InChI=1S/C32H22ClN5S/c1-21-11-13-22(14-12-21)28-19-29(38(35-28)32-34-27-9-5-6-10-30(27)39-32)26-20-37(25-7-3-2-4-8-25)36-31(26)23-15-17-24(33)18-16-23/h2-20H,1H3. The minimum Gasteiger partial charge on any atom is -0.240 e. The maximum absolute atomic E-state index is 6.24. The number of hydrogen-bond acceptors (Lipinski definition) is 4. The molecule has 7 heteroatoms. The van der Waals surface area contributed by atoms with Crippen LogP contribution in [0.15, 0.2) is 115 Å². The summed E-state index contributed by atoms with van der Waals surface area (Å²) < 4.78 is 4.98. The molecule has 0 aliphatic carbocycles. The SMILES string of the molecule is Cc1ccc(-c2cc(-c3cn(-c4ccccc4)nc3-c3ccc(Cl)cc3)n(-c3nc4ccccc4s3)n2)cc1. The molecule has 0 spiro atoms. The van der Waals surface area contributed by atoms with Gasteiger partial charge in [-0.2, -0.15) is 10.2 Å². The first-order chi connectivity index (χ1) is 19.1. The van der Waals surface area contributed by atoms with Crippen LogP contribution in [0.2, 0.25) is 5.02 Å². The van der Waals surface area contributed by atoms with Crippen LogP contribution in [0.5, 0.6) is 0 Å². The number of benzene rings is 4. The summed E-state index contributed by atoms with van der Waals surface area (Å²) in [6.07, 6.45) is 2.07. The van der Waals surface area contributed by atoms with Crippen LogP contribution >= 0.6 is 22.9 Å². The Labute approximate surface area is 234 Å².